The summed E-state index contributed by atoms with van der Waals surface area (Å²) in [4.78, 5) is 18.0. The molecule has 15 heavy (non-hydrogen) atoms. The van der Waals surface area contributed by atoms with Crippen LogP contribution in [-0.2, 0) is 25.8 Å². The van der Waals surface area contributed by atoms with Crippen LogP contribution in [0.4, 0.5) is 0 Å². The first-order valence-electron chi connectivity index (χ1n) is 4.17. The van der Waals surface area contributed by atoms with Crippen LogP contribution in [0.25, 0.3) is 0 Å². The van der Waals surface area contributed by atoms with Gasteiger partial charge in [-0.1, -0.05) is 0 Å². The minimum Gasteiger partial charge on any atom is -0.394 e. The van der Waals surface area contributed by atoms with Gasteiger partial charge in [0.15, 0.2) is 0 Å². The van der Waals surface area contributed by atoms with Crippen LogP contribution in [0.1, 0.15) is 0 Å². The molecule has 1 fully saturated rings. The fourth-order valence-electron chi connectivity index (χ4n) is 1.46. The highest BCUT2D eigenvalue weighted by molar-refractivity contribution is 8.06. The first-order chi connectivity index (χ1) is 6.89. The van der Waals surface area contributed by atoms with E-state index in [2.05, 4.69) is 11.8 Å². The molecule has 1 heterocycles. The Morgan fingerprint density at radius 2 is 2.07 bits per heavy atom. The molecular weight excluding hydrogens is 242 g/mol. The molecule has 0 aromatic carbocycles. The summed E-state index contributed by atoms with van der Waals surface area (Å²) in [5, 5.41) is 8.96. The smallest absolute Gasteiger partial charge is 0.322 e. The van der Waals surface area contributed by atoms with E-state index in [-0.39, 0.29) is 6.61 Å². The van der Waals surface area contributed by atoms with Crippen LogP contribution in [0, 0.1) is 0 Å². The maximum Gasteiger partial charge on any atom is 0.322 e. The molecule has 0 bridgehead atoms. The Bertz CT molecular complexity index is 260. The lowest BCUT2D eigenvalue weighted by molar-refractivity contribution is -0.00662. The van der Waals surface area contributed by atoms with E-state index in [0.29, 0.717) is 0 Å². The fraction of sp³-hybridized carbons (Fsp3) is 1.00. The summed E-state index contributed by atoms with van der Waals surface area (Å²) in [5.74, 6) is 0. The fourth-order valence-corrected chi connectivity index (χ4v) is 2.33. The van der Waals surface area contributed by atoms with E-state index >= 15 is 0 Å². The van der Waals surface area contributed by atoms with E-state index in [1.165, 1.54) is 7.11 Å². The molecule has 6 nitrogen and oxygen atoms in total. The van der Waals surface area contributed by atoms with E-state index in [0.717, 1.165) is 0 Å². The normalized spacial score (nSPS) is 37.1. The number of rotatable bonds is 4. The van der Waals surface area contributed by atoms with E-state index in [9.17, 15) is 0 Å². The molecule has 86 valence electrons. The second kappa shape index (κ2) is 5.20. The average Bonchev–Trinajstić information content (AvgIpc) is 2.39. The quantitative estimate of drug-likeness (QED) is 0.414. The maximum atomic E-state index is 9.02. The summed E-state index contributed by atoms with van der Waals surface area (Å²) < 4.78 is 14.9. The maximum absolute atomic E-state index is 9.02. The molecule has 2 unspecified atom stereocenters. The van der Waals surface area contributed by atoms with Gasteiger partial charge in [-0.25, -0.2) is 0 Å². The molecule has 1 rings (SSSR count). The van der Waals surface area contributed by atoms with Crippen LogP contribution >= 0.6 is 6.72 Å². The summed E-state index contributed by atoms with van der Waals surface area (Å²) in [6, 6.07) is -0.793. The molecule has 1 aliphatic rings. The summed E-state index contributed by atoms with van der Waals surface area (Å²) >= 11 is 4.33. The number of hydrogen-bond donors (Lipinski definition) is 3. The zero-order valence-corrected chi connectivity index (χ0v) is 9.73. The molecule has 1 saturated heterocycles. The van der Waals surface area contributed by atoms with Gasteiger partial charge in [-0.15, -0.1) is 0 Å². The highest BCUT2D eigenvalue weighted by Crippen LogP contribution is 2.42. The van der Waals surface area contributed by atoms with Crippen molar-refractivity contribution in [2.24, 2.45) is 0 Å². The van der Waals surface area contributed by atoms with Crippen LogP contribution in [0.5, 0.6) is 0 Å². The number of hydrogen-bond acceptors (Lipinski definition) is 5. The van der Waals surface area contributed by atoms with Gasteiger partial charge in [0.05, 0.1) is 6.61 Å². The van der Waals surface area contributed by atoms with Crippen molar-refractivity contribution in [3.05, 3.63) is 0 Å². The zero-order valence-electron chi connectivity index (χ0n) is 8.02. The van der Waals surface area contributed by atoms with Gasteiger partial charge in [0, 0.05) is 13.1 Å². The molecule has 0 amide bonds. The van der Waals surface area contributed by atoms with Crippen LogP contribution < -0.4 is 0 Å². The highest BCUT2D eigenvalue weighted by Gasteiger charge is 2.44. The first kappa shape index (κ1) is 13.5. The third-order valence-electron chi connectivity index (χ3n) is 2.06. The lowest BCUT2D eigenvalue weighted by Crippen LogP contribution is -2.37. The van der Waals surface area contributed by atoms with Gasteiger partial charge in [-0.05, 0) is 11.8 Å². The minimum atomic E-state index is -3.84. The molecule has 0 aliphatic carbocycles. The Hall–Kier alpha value is 0.475. The van der Waals surface area contributed by atoms with Gasteiger partial charge in [0.25, 0.3) is 0 Å². The average molecular weight is 254 g/mol. The van der Waals surface area contributed by atoms with Crippen molar-refractivity contribution in [2.75, 3.05) is 13.7 Å². The summed E-state index contributed by atoms with van der Waals surface area (Å²) in [6.45, 7) is -4.20. The lowest BCUT2D eigenvalue weighted by atomic mass is 9.93. The van der Waals surface area contributed by atoms with Crippen LogP contribution in [0.2, 0.25) is 0 Å². The Morgan fingerprint density at radius 3 is 2.47 bits per heavy atom. The van der Waals surface area contributed by atoms with Crippen LogP contribution in [-0.4, -0.2) is 60.8 Å². The summed E-state index contributed by atoms with van der Waals surface area (Å²) in [6.07, 6.45) is -2.34. The van der Waals surface area contributed by atoms with E-state index in [1.807, 2.05) is 0 Å². The largest absolute Gasteiger partial charge is 0.394 e. The van der Waals surface area contributed by atoms with Crippen molar-refractivity contribution < 1.29 is 28.9 Å². The van der Waals surface area contributed by atoms with Crippen molar-refractivity contribution in [3.63, 3.8) is 0 Å². The number of aliphatic hydroxyl groups excluding tert-OH is 1. The Morgan fingerprint density at radius 1 is 1.47 bits per heavy atom. The molecule has 4 atom stereocenters. The lowest BCUT2D eigenvalue weighted by Gasteiger charge is -2.23. The number of ether oxygens (including phenoxy) is 2. The molecule has 2 radical (unpaired) electrons. The highest BCUT2D eigenvalue weighted by atomic mass is 32.5. The van der Waals surface area contributed by atoms with E-state index in [1.54, 1.807) is 0 Å². The SMILES string of the molecule is [B][C@@H]1O[C@H](CO)C(OP(O)(O)=S)C1OC. The molecule has 0 aromatic heterocycles. The van der Waals surface area contributed by atoms with Crippen LogP contribution in [0.15, 0.2) is 0 Å². The topological polar surface area (TPSA) is 88.4 Å². The van der Waals surface area contributed by atoms with Crippen LogP contribution in [0.3, 0.4) is 0 Å². The Balaban J connectivity index is 2.76. The zero-order chi connectivity index (χ0) is 11.6. The van der Waals surface area contributed by atoms with Gasteiger partial charge in [0.1, 0.15) is 26.2 Å². The first-order valence-corrected chi connectivity index (χ1v) is 6.80. The monoisotopic (exact) mass is 254 g/mol. The second-order valence-electron chi connectivity index (χ2n) is 3.08. The van der Waals surface area contributed by atoms with Crippen molar-refractivity contribution >= 4 is 26.4 Å². The number of methoxy groups -OCH3 is 1. The third kappa shape index (κ3) is 3.47. The molecule has 0 aromatic rings. The summed E-state index contributed by atoms with van der Waals surface area (Å²) in [7, 11) is 6.92. The van der Waals surface area contributed by atoms with Gasteiger partial charge in [-0.3, -0.25) is 4.52 Å². The van der Waals surface area contributed by atoms with Gasteiger partial charge >= 0.3 is 6.72 Å². The van der Waals surface area contributed by atoms with Gasteiger partial charge in [-0.2, -0.15) is 0 Å². The number of aliphatic hydroxyl groups is 1. The standard InChI is InChI=1S/C6H12BO6PS/c1-11-5-4(13-14(9,10)15)3(2-8)12-6(5)7/h3-6,8H,2H2,1H3,(H2,9,10,15)/t3-,4?,5?,6-/m1/s1. The third-order valence-corrected chi connectivity index (χ3v) is 2.83. The Kier molecular flexibility index (Phi) is 4.70. The van der Waals surface area contributed by atoms with E-state index < -0.39 is 31.0 Å². The second-order valence-corrected chi connectivity index (χ2v) is 5.70. The molecule has 9 heteroatoms. The molecule has 1 aliphatic heterocycles. The van der Waals surface area contributed by atoms with Crippen molar-refractivity contribution in [1.29, 1.82) is 0 Å². The van der Waals surface area contributed by atoms with E-state index in [4.69, 9.17) is 36.7 Å². The molecule has 3 N–H and O–H groups in total. The van der Waals surface area contributed by atoms with Gasteiger partial charge in [0.2, 0.25) is 0 Å². The Labute approximate surface area is 93.8 Å². The minimum absolute atomic E-state index is 0.367. The molecule has 0 spiro atoms. The van der Waals surface area contributed by atoms with Gasteiger partial charge < -0.3 is 24.4 Å². The predicted octanol–water partition coefficient (Wildman–Crippen LogP) is -1.52. The van der Waals surface area contributed by atoms with Crippen molar-refractivity contribution in [1.82, 2.24) is 0 Å². The summed E-state index contributed by atoms with van der Waals surface area (Å²) in [5.41, 5.74) is 0. The predicted molar refractivity (Wildman–Crippen MR) is 55.9 cm³/mol. The van der Waals surface area contributed by atoms with Crippen molar-refractivity contribution in [3.8, 4) is 0 Å². The molecular formula is C6H12BO6PS. The molecule has 0 saturated carbocycles. The van der Waals surface area contributed by atoms with Crippen molar-refractivity contribution in [2.45, 2.75) is 24.3 Å².